The van der Waals surface area contributed by atoms with Crippen LogP contribution in [0.2, 0.25) is 5.02 Å². The van der Waals surface area contributed by atoms with E-state index < -0.39 is 6.10 Å². The number of nitrogens with two attached hydrogens (primary N) is 1. The fourth-order valence-electron chi connectivity index (χ4n) is 2.60. The van der Waals surface area contributed by atoms with Crippen LogP contribution in [0, 0.1) is 0 Å². The van der Waals surface area contributed by atoms with E-state index in [1.807, 2.05) is 19.0 Å². The van der Waals surface area contributed by atoms with Crippen molar-refractivity contribution in [1.82, 2.24) is 9.80 Å². The lowest BCUT2D eigenvalue weighted by molar-refractivity contribution is 0.0700. The smallest absolute Gasteiger partial charge is 0.256 e. The van der Waals surface area contributed by atoms with Crippen molar-refractivity contribution in [3.8, 4) is 0 Å². The fourth-order valence-corrected chi connectivity index (χ4v) is 2.78. The van der Waals surface area contributed by atoms with E-state index in [0.29, 0.717) is 35.8 Å². The zero-order chi connectivity index (χ0) is 14.9. The molecular formula is C14H20ClN3O2. The molecular weight excluding hydrogens is 278 g/mol. The van der Waals surface area contributed by atoms with Gasteiger partial charge in [-0.25, -0.2) is 0 Å². The second kappa shape index (κ2) is 5.99. The Hall–Kier alpha value is -1.30. The van der Waals surface area contributed by atoms with Crippen LogP contribution in [0.15, 0.2) is 18.2 Å². The van der Waals surface area contributed by atoms with E-state index in [9.17, 15) is 9.90 Å². The highest BCUT2D eigenvalue weighted by molar-refractivity contribution is 6.31. The van der Waals surface area contributed by atoms with E-state index in [1.54, 1.807) is 23.1 Å². The first kappa shape index (κ1) is 15.1. The third-order valence-corrected chi connectivity index (χ3v) is 3.71. The number of anilines is 1. The second-order valence-electron chi connectivity index (χ2n) is 5.49. The number of hydrogen-bond acceptors (Lipinski definition) is 4. The average molecular weight is 298 g/mol. The van der Waals surface area contributed by atoms with Crippen molar-refractivity contribution in [2.45, 2.75) is 18.6 Å². The normalized spacial score (nSPS) is 22.6. The van der Waals surface area contributed by atoms with Crippen LogP contribution in [0.25, 0.3) is 0 Å². The number of hydrogen-bond donors (Lipinski definition) is 2. The molecule has 3 N–H and O–H groups in total. The van der Waals surface area contributed by atoms with Gasteiger partial charge in [0.15, 0.2) is 0 Å². The first-order valence-electron chi connectivity index (χ1n) is 6.57. The third kappa shape index (κ3) is 3.23. The molecule has 2 unspecified atom stereocenters. The molecule has 6 heteroatoms. The molecule has 1 fully saturated rings. The molecule has 20 heavy (non-hydrogen) atoms. The van der Waals surface area contributed by atoms with Crippen LogP contribution in [0.4, 0.5) is 5.69 Å². The molecule has 5 nitrogen and oxygen atoms in total. The van der Waals surface area contributed by atoms with Gasteiger partial charge in [0.2, 0.25) is 0 Å². The van der Waals surface area contributed by atoms with Gasteiger partial charge in [-0.2, -0.15) is 0 Å². The summed E-state index contributed by atoms with van der Waals surface area (Å²) in [4.78, 5) is 16.3. The number of halogens is 1. The van der Waals surface area contributed by atoms with E-state index in [0.717, 1.165) is 0 Å². The van der Waals surface area contributed by atoms with Crippen molar-refractivity contribution in [1.29, 1.82) is 0 Å². The van der Waals surface area contributed by atoms with Gasteiger partial charge in [-0.05, 0) is 38.7 Å². The topological polar surface area (TPSA) is 69.8 Å². The molecule has 110 valence electrons. The lowest BCUT2D eigenvalue weighted by Gasteiger charge is -2.27. The summed E-state index contributed by atoms with van der Waals surface area (Å²) in [7, 11) is 3.89. The number of likely N-dealkylation sites (tertiary alicyclic amines) is 1. The third-order valence-electron chi connectivity index (χ3n) is 3.47. The number of nitrogens with zero attached hydrogens (tertiary/aromatic N) is 2. The number of rotatable bonds is 3. The zero-order valence-electron chi connectivity index (χ0n) is 11.7. The molecule has 2 atom stereocenters. The van der Waals surface area contributed by atoms with Crippen LogP contribution in [0.1, 0.15) is 16.8 Å². The van der Waals surface area contributed by atoms with Crippen LogP contribution >= 0.6 is 11.6 Å². The van der Waals surface area contributed by atoms with Gasteiger partial charge in [-0.1, -0.05) is 11.6 Å². The number of aliphatic hydroxyl groups is 1. The minimum absolute atomic E-state index is 0.00844. The maximum atomic E-state index is 12.6. The van der Waals surface area contributed by atoms with E-state index in [-0.39, 0.29) is 11.9 Å². The second-order valence-corrected chi connectivity index (χ2v) is 5.93. The quantitative estimate of drug-likeness (QED) is 0.819. The Bertz CT molecular complexity index is 507. The van der Waals surface area contributed by atoms with Crippen LogP contribution in [0.3, 0.4) is 0 Å². The maximum Gasteiger partial charge on any atom is 0.256 e. The average Bonchev–Trinajstić information content (AvgIpc) is 2.71. The van der Waals surface area contributed by atoms with Crippen molar-refractivity contribution in [3.63, 3.8) is 0 Å². The summed E-state index contributed by atoms with van der Waals surface area (Å²) in [6.45, 7) is 1.05. The number of likely N-dealkylation sites (N-methyl/N-ethyl adjacent to an activating group) is 1. The highest BCUT2D eigenvalue weighted by atomic mass is 35.5. The standard InChI is InChI=1S/C14H20ClN3O2/c1-17(2)7-10-6-11(19)8-18(10)14(20)12-5-9(15)3-4-13(12)16/h3-5,10-11,19H,6-8,16H2,1-2H3. The SMILES string of the molecule is CN(C)CC1CC(O)CN1C(=O)c1cc(Cl)ccc1N. The minimum atomic E-state index is -0.482. The van der Waals surface area contributed by atoms with Crippen molar-refractivity contribution in [3.05, 3.63) is 28.8 Å². The van der Waals surface area contributed by atoms with Gasteiger partial charge < -0.3 is 20.6 Å². The predicted molar refractivity (Wildman–Crippen MR) is 79.9 cm³/mol. The Morgan fingerprint density at radius 3 is 2.90 bits per heavy atom. The number of carbonyl (C=O) groups is 1. The van der Waals surface area contributed by atoms with Gasteiger partial charge in [0.1, 0.15) is 0 Å². The van der Waals surface area contributed by atoms with Crippen LogP contribution in [-0.2, 0) is 0 Å². The largest absolute Gasteiger partial charge is 0.398 e. The molecule has 1 aromatic rings. The molecule has 1 heterocycles. The van der Waals surface area contributed by atoms with Crippen molar-refractivity contribution in [2.75, 3.05) is 32.9 Å². The Balaban J connectivity index is 2.24. The molecule has 1 amide bonds. The van der Waals surface area contributed by atoms with Crippen LogP contribution < -0.4 is 5.73 Å². The van der Waals surface area contributed by atoms with Crippen molar-refractivity contribution < 1.29 is 9.90 Å². The summed E-state index contributed by atoms with van der Waals surface area (Å²) in [6.07, 6.45) is 0.106. The van der Waals surface area contributed by atoms with E-state index >= 15 is 0 Å². The van der Waals surface area contributed by atoms with Gasteiger partial charge >= 0.3 is 0 Å². The summed E-state index contributed by atoms with van der Waals surface area (Å²) >= 11 is 5.93. The fraction of sp³-hybridized carbons (Fsp3) is 0.500. The number of benzene rings is 1. The summed E-state index contributed by atoms with van der Waals surface area (Å²) in [6, 6.07) is 4.86. The van der Waals surface area contributed by atoms with Gasteiger partial charge in [-0.15, -0.1) is 0 Å². The lowest BCUT2D eigenvalue weighted by atomic mass is 10.1. The highest BCUT2D eigenvalue weighted by Crippen LogP contribution is 2.25. The van der Waals surface area contributed by atoms with Crippen molar-refractivity contribution >= 4 is 23.2 Å². The first-order valence-corrected chi connectivity index (χ1v) is 6.95. The minimum Gasteiger partial charge on any atom is -0.398 e. The van der Waals surface area contributed by atoms with E-state index in [2.05, 4.69) is 0 Å². The van der Waals surface area contributed by atoms with Crippen LogP contribution in [-0.4, -0.2) is 60.1 Å². The Kier molecular flexibility index (Phi) is 4.52. The monoisotopic (exact) mass is 297 g/mol. The molecule has 0 bridgehead atoms. The molecule has 0 radical (unpaired) electrons. The Morgan fingerprint density at radius 2 is 2.25 bits per heavy atom. The molecule has 0 saturated carbocycles. The molecule has 0 aromatic heterocycles. The Morgan fingerprint density at radius 1 is 1.55 bits per heavy atom. The number of aliphatic hydroxyl groups excluding tert-OH is 1. The van der Waals surface area contributed by atoms with E-state index in [4.69, 9.17) is 17.3 Å². The summed E-state index contributed by atoms with van der Waals surface area (Å²) in [5.41, 5.74) is 6.67. The van der Waals surface area contributed by atoms with Crippen LogP contribution in [0.5, 0.6) is 0 Å². The highest BCUT2D eigenvalue weighted by Gasteiger charge is 2.35. The summed E-state index contributed by atoms with van der Waals surface area (Å²) in [5, 5.41) is 10.3. The summed E-state index contributed by atoms with van der Waals surface area (Å²) in [5.74, 6) is -0.173. The first-order chi connectivity index (χ1) is 9.38. The maximum absolute atomic E-state index is 12.6. The number of β-amino-alcohol motifs (C(OH)–C–C–N with tert-alkyl or cyclic N) is 1. The predicted octanol–water partition coefficient (Wildman–Crippen LogP) is 1.06. The molecule has 0 spiro atoms. The van der Waals surface area contributed by atoms with Gasteiger partial charge in [0.05, 0.1) is 11.7 Å². The molecule has 1 aliphatic rings. The molecule has 0 aliphatic carbocycles. The zero-order valence-corrected chi connectivity index (χ0v) is 12.5. The van der Waals surface area contributed by atoms with Gasteiger partial charge in [0.25, 0.3) is 5.91 Å². The van der Waals surface area contributed by atoms with Crippen molar-refractivity contribution in [2.24, 2.45) is 0 Å². The number of amides is 1. The number of nitrogen functional groups attached to an aromatic ring is 1. The van der Waals surface area contributed by atoms with E-state index in [1.165, 1.54) is 0 Å². The van der Waals surface area contributed by atoms with Gasteiger partial charge in [-0.3, -0.25) is 4.79 Å². The lowest BCUT2D eigenvalue weighted by Crippen LogP contribution is -2.41. The molecule has 1 saturated heterocycles. The molecule has 1 aromatic carbocycles. The Labute approximate surface area is 123 Å². The summed E-state index contributed by atoms with van der Waals surface area (Å²) < 4.78 is 0. The molecule has 2 rings (SSSR count). The van der Waals surface area contributed by atoms with Gasteiger partial charge in [0, 0.05) is 29.8 Å². The molecule has 1 aliphatic heterocycles. The number of carbonyl (C=O) groups excluding carboxylic acids is 1.